The second-order valence-corrected chi connectivity index (χ2v) is 4.66. The van der Waals surface area contributed by atoms with Crippen LogP contribution in [0.3, 0.4) is 0 Å². The molecule has 0 unspecified atom stereocenters. The number of fused-ring (bicyclic) bond motifs is 1. The highest BCUT2D eigenvalue weighted by Gasteiger charge is 2.22. The van der Waals surface area contributed by atoms with Gasteiger partial charge in [0.25, 0.3) is 5.56 Å². The number of H-pyrrole nitrogens is 1. The van der Waals surface area contributed by atoms with Crippen molar-refractivity contribution >= 4 is 5.97 Å². The predicted molar refractivity (Wildman–Crippen MR) is 77.1 cm³/mol. The van der Waals surface area contributed by atoms with E-state index in [0.717, 1.165) is 0 Å². The minimum Gasteiger partial charge on any atom is -0.462 e. The summed E-state index contributed by atoms with van der Waals surface area (Å²) in [6.45, 7) is 3.64. The Bertz CT molecular complexity index is 797. The van der Waals surface area contributed by atoms with Crippen LogP contribution in [-0.4, -0.2) is 29.3 Å². The predicted octanol–water partition coefficient (Wildman–Crippen LogP) is 1.65. The molecule has 0 spiro atoms. The fraction of sp³-hybridized carbons (Fsp3) is 0.267. The molecule has 0 aliphatic carbocycles. The summed E-state index contributed by atoms with van der Waals surface area (Å²) >= 11 is 0. The van der Waals surface area contributed by atoms with E-state index in [1.54, 1.807) is 32.0 Å². The monoisotopic (exact) mass is 302 g/mol. The van der Waals surface area contributed by atoms with Crippen LogP contribution in [0.1, 0.15) is 23.1 Å². The molecule has 1 aliphatic heterocycles. The summed E-state index contributed by atoms with van der Waals surface area (Å²) in [4.78, 5) is 31.0. The first-order valence-corrected chi connectivity index (χ1v) is 6.78. The number of aromatic amines is 1. The fourth-order valence-corrected chi connectivity index (χ4v) is 2.23. The number of carbonyl (C=O) groups is 1. The lowest BCUT2D eigenvalue weighted by molar-refractivity contribution is 0.0524. The topological polar surface area (TPSA) is 90.5 Å². The molecular formula is C15H14N2O5. The lowest BCUT2D eigenvalue weighted by Gasteiger charge is -2.09. The molecule has 1 aliphatic rings. The SMILES string of the molecule is CCOC(=O)c1c(-c2ccc3c(c2)OCO3)nc(C)[nH]c1=O. The van der Waals surface area contributed by atoms with Crippen LogP contribution in [-0.2, 0) is 4.74 Å². The fourth-order valence-electron chi connectivity index (χ4n) is 2.23. The first-order chi connectivity index (χ1) is 10.6. The number of hydrogen-bond donors (Lipinski definition) is 1. The summed E-state index contributed by atoms with van der Waals surface area (Å²) in [5.41, 5.74) is 0.199. The van der Waals surface area contributed by atoms with E-state index in [9.17, 15) is 9.59 Å². The van der Waals surface area contributed by atoms with E-state index in [-0.39, 0.29) is 24.7 Å². The molecule has 2 heterocycles. The lowest BCUT2D eigenvalue weighted by atomic mass is 10.1. The van der Waals surface area contributed by atoms with Crippen LogP contribution in [0.25, 0.3) is 11.3 Å². The summed E-state index contributed by atoms with van der Waals surface area (Å²) < 4.78 is 15.5. The van der Waals surface area contributed by atoms with Crippen molar-refractivity contribution < 1.29 is 19.0 Å². The number of nitrogens with one attached hydrogen (secondary N) is 1. The van der Waals surface area contributed by atoms with Crippen molar-refractivity contribution in [2.24, 2.45) is 0 Å². The van der Waals surface area contributed by atoms with Crippen molar-refractivity contribution in [3.63, 3.8) is 0 Å². The highest BCUT2D eigenvalue weighted by Crippen LogP contribution is 2.35. The van der Waals surface area contributed by atoms with Crippen LogP contribution in [0, 0.1) is 6.92 Å². The zero-order valence-electron chi connectivity index (χ0n) is 12.1. The molecule has 7 heteroatoms. The standard InChI is InChI=1S/C15H14N2O5/c1-3-20-15(19)12-13(16-8(2)17-14(12)18)9-4-5-10-11(6-9)22-7-21-10/h4-6H,3,7H2,1-2H3,(H,16,17,18). The Morgan fingerprint density at radius 1 is 1.36 bits per heavy atom. The number of benzene rings is 1. The molecule has 22 heavy (non-hydrogen) atoms. The van der Waals surface area contributed by atoms with Crippen molar-refractivity contribution in [2.75, 3.05) is 13.4 Å². The van der Waals surface area contributed by atoms with E-state index in [1.807, 2.05) is 0 Å². The molecule has 0 fully saturated rings. The molecule has 0 bridgehead atoms. The summed E-state index contributed by atoms with van der Waals surface area (Å²) in [7, 11) is 0. The minimum atomic E-state index is -0.705. The Labute approximate surface area is 125 Å². The average molecular weight is 302 g/mol. The van der Waals surface area contributed by atoms with E-state index in [4.69, 9.17) is 14.2 Å². The number of nitrogens with zero attached hydrogens (tertiary/aromatic N) is 1. The summed E-state index contributed by atoms with van der Waals surface area (Å²) in [6.07, 6.45) is 0. The van der Waals surface area contributed by atoms with Crippen LogP contribution in [0.4, 0.5) is 0 Å². The Hall–Kier alpha value is -2.83. The van der Waals surface area contributed by atoms with Gasteiger partial charge in [0.15, 0.2) is 17.1 Å². The van der Waals surface area contributed by atoms with Gasteiger partial charge in [-0.05, 0) is 32.0 Å². The van der Waals surface area contributed by atoms with Crippen molar-refractivity contribution in [1.82, 2.24) is 9.97 Å². The molecule has 3 rings (SSSR count). The largest absolute Gasteiger partial charge is 0.462 e. The maximum Gasteiger partial charge on any atom is 0.346 e. The van der Waals surface area contributed by atoms with Gasteiger partial charge in [0.2, 0.25) is 6.79 Å². The molecule has 114 valence electrons. The van der Waals surface area contributed by atoms with Crippen LogP contribution in [0.2, 0.25) is 0 Å². The number of aromatic nitrogens is 2. The number of rotatable bonds is 3. The van der Waals surface area contributed by atoms with E-state index in [1.165, 1.54) is 0 Å². The van der Waals surface area contributed by atoms with Crippen LogP contribution < -0.4 is 15.0 Å². The third-order valence-electron chi connectivity index (χ3n) is 3.16. The second-order valence-electron chi connectivity index (χ2n) is 4.66. The van der Waals surface area contributed by atoms with Crippen LogP contribution >= 0.6 is 0 Å². The van der Waals surface area contributed by atoms with Gasteiger partial charge in [-0.25, -0.2) is 9.78 Å². The zero-order chi connectivity index (χ0) is 15.7. The third-order valence-corrected chi connectivity index (χ3v) is 3.16. The molecule has 0 atom stereocenters. The Morgan fingerprint density at radius 3 is 2.91 bits per heavy atom. The van der Waals surface area contributed by atoms with Gasteiger partial charge in [0.05, 0.1) is 12.3 Å². The molecule has 1 N–H and O–H groups in total. The number of ether oxygens (including phenoxy) is 3. The molecule has 7 nitrogen and oxygen atoms in total. The second kappa shape index (κ2) is 5.51. The first-order valence-electron chi connectivity index (χ1n) is 6.78. The van der Waals surface area contributed by atoms with Crippen molar-refractivity contribution in [3.8, 4) is 22.8 Å². The van der Waals surface area contributed by atoms with Gasteiger partial charge in [0, 0.05) is 5.56 Å². The summed E-state index contributed by atoms with van der Waals surface area (Å²) in [6, 6.07) is 5.12. The number of hydrogen-bond acceptors (Lipinski definition) is 6. The van der Waals surface area contributed by atoms with Gasteiger partial charge in [-0.3, -0.25) is 4.79 Å². The van der Waals surface area contributed by atoms with E-state index >= 15 is 0 Å². The van der Waals surface area contributed by atoms with Gasteiger partial charge in [-0.1, -0.05) is 0 Å². The molecule has 2 aromatic rings. The van der Waals surface area contributed by atoms with Crippen LogP contribution in [0.5, 0.6) is 11.5 Å². The van der Waals surface area contributed by atoms with Crippen molar-refractivity contribution in [3.05, 3.63) is 39.9 Å². The quantitative estimate of drug-likeness (QED) is 0.867. The maximum absolute atomic E-state index is 12.1. The van der Waals surface area contributed by atoms with Gasteiger partial charge in [-0.2, -0.15) is 0 Å². The average Bonchev–Trinajstić information content (AvgIpc) is 2.93. The number of aryl methyl sites for hydroxylation is 1. The van der Waals surface area contributed by atoms with Gasteiger partial charge < -0.3 is 19.2 Å². The van der Waals surface area contributed by atoms with Crippen molar-refractivity contribution in [2.45, 2.75) is 13.8 Å². The highest BCUT2D eigenvalue weighted by molar-refractivity contribution is 5.95. The maximum atomic E-state index is 12.1. The molecule has 0 saturated heterocycles. The van der Waals surface area contributed by atoms with Gasteiger partial charge in [0.1, 0.15) is 5.82 Å². The lowest BCUT2D eigenvalue weighted by Crippen LogP contribution is -2.23. The van der Waals surface area contributed by atoms with Gasteiger partial charge >= 0.3 is 5.97 Å². The Morgan fingerprint density at radius 2 is 2.14 bits per heavy atom. The minimum absolute atomic E-state index is 0.119. The molecule has 1 aromatic carbocycles. The van der Waals surface area contributed by atoms with Gasteiger partial charge in [-0.15, -0.1) is 0 Å². The Kier molecular flexibility index (Phi) is 3.54. The number of carbonyl (C=O) groups excluding carboxylic acids is 1. The first kappa shape index (κ1) is 14.1. The van der Waals surface area contributed by atoms with Crippen molar-refractivity contribution in [1.29, 1.82) is 0 Å². The molecule has 0 radical (unpaired) electrons. The zero-order valence-corrected chi connectivity index (χ0v) is 12.1. The van der Waals surface area contributed by atoms with E-state index in [0.29, 0.717) is 22.9 Å². The van der Waals surface area contributed by atoms with E-state index < -0.39 is 11.5 Å². The van der Waals surface area contributed by atoms with E-state index in [2.05, 4.69) is 9.97 Å². The third kappa shape index (κ3) is 2.41. The molecule has 1 aromatic heterocycles. The Balaban J connectivity index is 2.17. The smallest absolute Gasteiger partial charge is 0.346 e. The molecule has 0 saturated carbocycles. The van der Waals surface area contributed by atoms with Crippen LogP contribution in [0.15, 0.2) is 23.0 Å². The molecular weight excluding hydrogens is 288 g/mol. The summed E-state index contributed by atoms with van der Waals surface area (Å²) in [5, 5.41) is 0. The summed E-state index contributed by atoms with van der Waals surface area (Å²) in [5.74, 6) is 0.865. The highest BCUT2D eigenvalue weighted by atomic mass is 16.7. The molecule has 0 amide bonds. The normalized spacial score (nSPS) is 12.3. The number of esters is 1.